The van der Waals surface area contributed by atoms with Crippen LogP contribution in [-0.4, -0.2) is 23.6 Å². The summed E-state index contributed by atoms with van der Waals surface area (Å²) in [4.78, 5) is 4.84. The van der Waals surface area contributed by atoms with Gasteiger partial charge in [0.15, 0.2) is 0 Å². The molecule has 1 N–H and O–H groups in total. The molecule has 1 aromatic rings. The van der Waals surface area contributed by atoms with Crippen molar-refractivity contribution in [3.8, 4) is 5.88 Å². The van der Waals surface area contributed by atoms with Gasteiger partial charge in [0.05, 0.1) is 7.11 Å². The number of nitrogens with zero attached hydrogens (tertiary/aromatic N) is 1. The number of nitrogens with one attached hydrogen (secondary N) is 1. The zero-order valence-corrected chi connectivity index (χ0v) is 8.52. The van der Waals surface area contributed by atoms with Crippen LogP contribution in [0, 0.1) is 0 Å². The minimum Gasteiger partial charge on any atom is -0.481 e. The number of aromatic nitrogens is 1. The van der Waals surface area contributed by atoms with Crippen LogP contribution in [0.3, 0.4) is 0 Å². The lowest BCUT2D eigenvalue weighted by atomic mass is 10.3. The Labute approximate surface area is 83.1 Å². The molecule has 0 aliphatic rings. The molecule has 0 aromatic carbocycles. The van der Waals surface area contributed by atoms with Crippen molar-refractivity contribution in [3.63, 3.8) is 0 Å². The second-order valence-corrected chi connectivity index (χ2v) is 2.83. The van der Waals surface area contributed by atoms with Crippen molar-refractivity contribution < 1.29 is 4.74 Å². The van der Waals surface area contributed by atoms with Gasteiger partial charge in [-0.05, 0) is 13.0 Å². The van der Waals surface area contributed by atoms with Crippen LogP contribution in [0.4, 0.5) is 0 Å². The average Bonchev–Trinajstić information content (AvgIpc) is 2.18. The van der Waals surface area contributed by atoms with E-state index < -0.39 is 0 Å². The molecule has 0 aliphatic carbocycles. The Morgan fingerprint density at radius 2 is 2.38 bits per heavy atom. The van der Waals surface area contributed by atoms with Crippen molar-refractivity contribution >= 4 is 17.2 Å². The van der Waals surface area contributed by atoms with Crippen LogP contribution in [0.25, 0.3) is 0 Å². The average molecular weight is 196 g/mol. The molecule has 0 fully saturated rings. The summed E-state index contributed by atoms with van der Waals surface area (Å²) in [6.07, 6.45) is 0. The fraction of sp³-hybridized carbons (Fsp3) is 0.333. The molecule has 0 atom stereocenters. The molecule has 0 saturated carbocycles. The molecule has 3 nitrogen and oxygen atoms in total. The van der Waals surface area contributed by atoms with Gasteiger partial charge < -0.3 is 10.1 Å². The summed E-state index contributed by atoms with van der Waals surface area (Å²) in [6, 6.07) is 5.51. The Morgan fingerprint density at radius 1 is 1.62 bits per heavy atom. The van der Waals surface area contributed by atoms with E-state index in [9.17, 15) is 0 Å². The van der Waals surface area contributed by atoms with Crippen molar-refractivity contribution in [2.24, 2.45) is 0 Å². The summed E-state index contributed by atoms with van der Waals surface area (Å²) in [5.41, 5.74) is 0.746. The Balaban J connectivity index is 2.82. The van der Waals surface area contributed by atoms with Gasteiger partial charge >= 0.3 is 0 Å². The zero-order valence-electron chi connectivity index (χ0n) is 7.70. The number of hydrogen-bond acceptors (Lipinski definition) is 3. The highest BCUT2D eigenvalue weighted by atomic mass is 32.1. The van der Waals surface area contributed by atoms with Gasteiger partial charge in [-0.2, -0.15) is 0 Å². The minimum absolute atomic E-state index is 0.581. The molecule has 13 heavy (non-hydrogen) atoms. The Hall–Kier alpha value is -1.16. The van der Waals surface area contributed by atoms with Crippen LogP contribution >= 0.6 is 12.2 Å². The molecule has 1 heterocycles. The van der Waals surface area contributed by atoms with E-state index in [0.29, 0.717) is 10.9 Å². The molecule has 0 amide bonds. The van der Waals surface area contributed by atoms with Crippen LogP contribution in [0.1, 0.15) is 12.6 Å². The molecule has 0 radical (unpaired) electrons. The summed E-state index contributed by atoms with van der Waals surface area (Å²) < 4.78 is 4.98. The van der Waals surface area contributed by atoms with Crippen LogP contribution in [-0.2, 0) is 0 Å². The molecule has 1 aromatic heterocycles. The molecule has 0 spiro atoms. The third-order valence-electron chi connectivity index (χ3n) is 1.50. The molecule has 70 valence electrons. The molecule has 0 unspecified atom stereocenters. The summed E-state index contributed by atoms with van der Waals surface area (Å²) >= 11 is 5.10. The maximum Gasteiger partial charge on any atom is 0.213 e. The summed E-state index contributed by atoms with van der Waals surface area (Å²) in [7, 11) is 1.59. The maximum atomic E-state index is 5.10. The first kappa shape index (κ1) is 9.92. The molecular formula is C9H12N2OS. The van der Waals surface area contributed by atoms with E-state index in [0.717, 1.165) is 12.2 Å². The van der Waals surface area contributed by atoms with Gasteiger partial charge in [-0.3, -0.25) is 0 Å². The first-order valence-electron chi connectivity index (χ1n) is 4.07. The second-order valence-electron chi connectivity index (χ2n) is 2.42. The third kappa shape index (κ3) is 2.66. The van der Waals surface area contributed by atoms with E-state index in [2.05, 4.69) is 10.3 Å². The molecule has 0 saturated heterocycles. The van der Waals surface area contributed by atoms with Gasteiger partial charge in [-0.25, -0.2) is 4.98 Å². The highest BCUT2D eigenvalue weighted by Gasteiger charge is 2.01. The van der Waals surface area contributed by atoms with E-state index in [1.807, 2.05) is 19.1 Å². The lowest BCUT2D eigenvalue weighted by molar-refractivity contribution is 0.397. The van der Waals surface area contributed by atoms with E-state index in [-0.39, 0.29) is 0 Å². The normalized spacial score (nSPS) is 9.38. The predicted octanol–water partition coefficient (Wildman–Crippen LogP) is 1.38. The molecule has 0 aliphatic heterocycles. The molecule has 0 bridgehead atoms. The monoisotopic (exact) mass is 196 g/mol. The number of ether oxygens (including phenoxy) is 1. The summed E-state index contributed by atoms with van der Waals surface area (Å²) in [5.74, 6) is 0.581. The van der Waals surface area contributed by atoms with Crippen molar-refractivity contribution in [2.45, 2.75) is 6.92 Å². The van der Waals surface area contributed by atoms with Crippen molar-refractivity contribution in [3.05, 3.63) is 23.9 Å². The molecule has 4 heteroatoms. The lowest BCUT2D eigenvalue weighted by Gasteiger charge is -2.05. The molecule has 1 rings (SSSR count). The number of pyridine rings is 1. The van der Waals surface area contributed by atoms with E-state index >= 15 is 0 Å². The SMILES string of the molecule is CCNC(=S)c1cccc(OC)n1. The smallest absolute Gasteiger partial charge is 0.213 e. The first-order valence-corrected chi connectivity index (χ1v) is 4.48. The Bertz CT molecular complexity index is 301. The van der Waals surface area contributed by atoms with Crippen LogP contribution in [0.5, 0.6) is 5.88 Å². The topological polar surface area (TPSA) is 34.1 Å². The second kappa shape index (κ2) is 4.77. The van der Waals surface area contributed by atoms with Crippen molar-refractivity contribution in [1.29, 1.82) is 0 Å². The van der Waals surface area contributed by atoms with Gasteiger partial charge in [0, 0.05) is 12.6 Å². The fourth-order valence-corrected chi connectivity index (χ4v) is 1.16. The summed E-state index contributed by atoms with van der Waals surface area (Å²) in [5, 5.41) is 3.03. The van der Waals surface area contributed by atoms with Crippen LogP contribution < -0.4 is 10.1 Å². The third-order valence-corrected chi connectivity index (χ3v) is 1.86. The predicted molar refractivity (Wildman–Crippen MR) is 56.2 cm³/mol. The Kier molecular flexibility index (Phi) is 3.64. The van der Waals surface area contributed by atoms with Gasteiger partial charge in [0.25, 0.3) is 0 Å². The highest BCUT2D eigenvalue weighted by molar-refractivity contribution is 7.80. The van der Waals surface area contributed by atoms with Crippen LogP contribution in [0.15, 0.2) is 18.2 Å². The first-order chi connectivity index (χ1) is 6.27. The minimum atomic E-state index is 0.581. The number of rotatable bonds is 3. The van der Waals surface area contributed by atoms with Crippen LogP contribution in [0.2, 0.25) is 0 Å². The fourth-order valence-electron chi connectivity index (χ4n) is 0.906. The molecular weight excluding hydrogens is 184 g/mol. The number of hydrogen-bond donors (Lipinski definition) is 1. The van der Waals surface area contributed by atoms with Gasteiger partial charge in [-0.1, -0.05) is 18.3 Å². The van der Waals surface area contributed by atoms with Crippen molar-refractivity contribution in [2.75, 3.05) is 13.7 Å². The maximum absolute atomic E-state index is 5.10. The standard InChI is InChI=1S/C9H12N2OS/c1-3-10-9(13)7-5-4-6-8(11-7)12-2/h4-6H,3H2,1-2H3,(H,10,13). The van der Waals surface area contributed by atoms with Gasteiger partial charge in [-0.15, -0.1) is 0 Å². The zero-order chi connectivity index (χ0) is 9.68. The highest BCUT2D eigenvalue weighted by Crippen LogP contribution is 2.06. The quantitative estimate of drug-likeness (QED) is 0.740. The van der Waals surface area contributed by atoms with Gasteiger partial charge in [0.1, 0.15) is 10.7 Å². The van der Waals surface area contributed by atoms with E-state index in [1.54, 1.807) is 13.2 Å². The van der Waals surface area contributed by atoms with Crippen molar-refractivity contribution in [1.82, 2.24) is 10.3 Å². The lowest BCUT2D eigenvalue weighted by Crippen LogP contribution is -2.22. The largest absolute Gasteiger partial charge is 0.481 e. The number of methoxy groups -OCH3 is 1. The number of thiocarbonyl (C=S) groups is 1. The van der Waals surface area contributed by atoms with E-state index in [4.69, 9.17) is 17.0 Å². The summed E-state index contributed by atoms with van der Waals surface area (Å²) in [6.45, 7) is 2.80. The Morgan fingerprint density at radius 3 is 3.00 bits per heavy atom. The van der Waals surface area contributed by atoms with Gasteiger partial charge in [0.2, 0.25) is 5.88 Å². The van der Waals surface area contributed by atoms with E-state index in [1.165, 1.54) is 0 Å².